The third kappa shape index (κ3) is 3.12. The molecule has 0 saturated heterocycles. The predicted molar refractivity (Wildman–Crippen MR) is 79.3 cm³/mol. The van der Waals surface area contributed by atoms with Gasteiger partial charge in [-0.15, -0.1) is 11.3 Å². The average molecular weight is 298 g/mol. The molecule has 112 valence electrons. The van der Waals surface area contributed by atoms with Gasteiger partial charge in [0.15, 0.2) is 5.13 Å². The number of aliphatic hydroxyl groups is 1. The Kier molecular flexibility index (Phi) is 3.81. The van der Waals surface area contributed by atoms with Gasteiger partial charge < -0.3 is 9.84 Å². The maximum atomic E-state index is 11.7. The molecule has 0 radical (unpaired) electrons. The summed E-state index contributed by atoms with van der Waals surface area (Å²) in [5.74, 6) is 0. The summed E-state index contributed by atoms with van der Waals surface area (Å²) in [6, 6.07) is 0. The molecule has 6 heteroatoms. The van der Waals surface area contributed by atoms with Crippen LogP contribution in [0.3, 0.4) is 0 Å². The Morgan fingerprint density at radius 3 is 2.55 bits per heavy atom. The standard InChI is InChI=1S/C14H22N2O3S/c1-8-10(14(6-7-14)9(2)17)20-11(15-8)16-12(18)19-13(3,4)5/h9,17H,6-7H2,1-5H3,(H,15,16,18). The minimum Gasteiger partial charge on any atom is -0.444 e. The number of carbonyl (C=O) groups is 1. The Bertz CT molecular complexity index is 513. The zero-order valence-corrected chi connectivity index (χ0v) is 13.4. The number of nitrogens with one attached hydrogen (secondary N) is 1. The normalized spacial score (nSPS) is 18.5. The largest absolute Gasteiger partial charge is 0.444 e. The summed E-state index contributed by atoms with van der Waals surface area (Å²) in [7, 11) is 0. The third-order valence-electron chi connectivity index (χ3n) is 3.45. The van der Waals surface area contributed by atoms with Gasteiger partial charge in [0.1, 0.15) is 5.60 Å². The van der Waals surface area contributed by atoms with Crippen LogP contribution < -0.4 is 5.32 Å². The third-order valence-corrected chi connectivity index (χ3v) is 4.74. The van der Waals surface area contributed by atoms with Crippen LogP contribution in [0.15, 0.2) is 0 Å². The lowest BCUT2D eigenvalue weighted by Crippen LogP contribution is -2.27. The summed E-state index contributed by atoms with van der Waals surface area (Å²) in [6.45, 7) is 9.18. The highest BCUT2D eigenvalue weighted by Crippen LogP contribution is 2.54. The summed E-state index contributed by atoms with van der Waals surface area (Å²) < 4.78 is 5.21. The number of anilines is 1. The molecular formula is C14H22N2O3S. The minimum atomic E-state index is -0.531. The molecule has 1 saturated carbocycles. The van der Waals surface area contributed by atoms with Crippen molar-refractivity contribution < 1.29 is 14.6 Å². The van der Waals surface area contributed by atoms with Crippen molar-refractivity contribution in [3.63, 3.8) is 0 Å². The van der Waals surface area contributed by atoms with Crippen LogP contribution in [0.1, 0.15) is 51.1 Å². The lowest BCUT2D eigenvalue weighted by Gasteiger charge is -2.19. The van der Waals surface area contributed by atoms with Crippen LogP contribution in [0.5, 0.6) is 0 Å². The van der Waals surface area contributed by atoms with Gasteiger partial charge in [0.25, 0.3) is 0 Å². The van der Waals surface area contributed by atoms with Crippen LogP contribution >= 0.6 is 11.3 Å². The van der Waals surface area contributed by atoms with Gasteiger partial charge >= 0.3 is 6.09 Å². The van der Waals surface area contributed by atoms with Crippen LogP contribution in [0.2, 0.25) is 0 Å². The second-order valence-corrected chi connectivity index (χ2v) is 7.39. The van der Waals surface area contributed by atoms with Crippen molar-refractivity contribution in [3.8, 4) is 0 Å². The van der Waals surface area contributed by atoms with Gasteiger partial charge in [-0.3, -0.25) is 5.32 Å². The molecule has 1 aromatic heterocycles. The molecule has 1 amide bonds. The first-order valence-corrected chi connectivity index (χ1v) is 7.62. The van der Waals surface area contributed by atoms with Crippen LogP contribution in [0, 0.1) is 6.92 Å². The quantitative estimate of drug-likeness (QED) is 0.899. The molecule has 2 rings (SSSR count). The van der Waals surface area contributed by atoms with Crippen molar-refractivity contribution in [2.45, 2.75) is 64.6 Å². The van der Waals surface area contributed by atoms with Gasteiger partial charge in [0, 0.05) is 10.3 Å². The molecule has 2 N–H and O–H groups in total. The number of nitrogens with zero attached hydrogens (tertiary/aromatic N) is 1. The van der Waals surface area contributed by atoms with E-state index >= 15 is 0 Å². The number of aromatic nitrogens is 1. The predicted octanol–water partition coefficient (Wildman–Crippen LogP) is 3.21. The lowest BCUT2D eigenvalue weighted by atomic mass is 9.97. The monoisotopic (exact) mass is 298 g/mol. The van der Waals surface area contributed by atoms with Crippen LogP contribution in [-0.2, 0) is 10.2 Å². The van der Waals surface area contributed by atoms with Crippen molar-refractivity contribution >= 4 is 22.6 Å². The van der Waals surface area contributed by atoms with Crippen molar-refractivity contribution in [1.82, 2.24) is 4.98 Å². The number of carbonyl (C=O) groups excluding carboxylic acids is 1. The van der Waals surface area contributed by atoms with E-state index in [1.165, 1.54) is 11.3 Å². The van der Waals surface area contributed by atoms with E-state index in [0.29, 0.717) is 5.13 Å². The highest BCUT2D eigenvalue weighted by atomic mass is 32.1. The number of amides is 1. The van der Waals surface area contributed by atoms with E-state index in [2.05, 4.69) is 10.3 Å². The van der Waals surface area contributed by atoms with E-state index in [1.807, 2.05) is 34.6 Å². The molecule has 1 heterocycles. The van der Waals surface area contributed by atoms with Crippen LogP contribution in [-0.4, -0.2) is 27.9 Å². The van der Waals surface area contributed by atoms with Crippen LogP contribution in [0.4, 0.5) is 9.93 Å². The molecule has 20 heavy (non-hydrogen) atoms. The number of aryl methyl sites for hydroxylation is 1. The van der Waals surface area contributed by atoms with Gasteiger partial charge in [0.05, 0.1) is 11.8 Å². The van der Waals surface area contributed by atoms with Crippen molar-refractivity contribution in [2.75, 3.05) is 5.32 Å². The molecule has 1 aliphatic carbocycles. The molecule has 1 aromatic rings. The van der Waals surface area contributed by atoms with E-state index < -0.39 is 17.8 Å². The number of hydrogen-bond acceptors (Lipinski definition) is 5. The second kappa shape index (κ2) is 5.00. The van der Waals surface area contributed by atoms with Gasteiger partial charge in [-0.2, -0.15) is 0 Å². The molecule has 1 fully saturated rings. The van der Waals surface area contributed by atoms with E-state index in [0.717, 1.165) is 23.4 Å². The van der Waals surface area contributed by atoms with E-state index in [1.54, 1.807) is 0 Å². The fraction of sp³-hybridized carbons (Fsp3) is 0.714. The van der Waals surface area contributed by atoms with Crippen LogP contribution in [0.25, 0.3) is 0 Å². The van der Waals surface area contributed by atoms with E-state index in [4.69, 9.17) is 4.74 Å². The molecule has 1 atom stereocenters. The number of ether oxygens (including phenoxy) is 1. The van der Waals surface area contributed by atoms with Crippen molar-refractivity contribution in [1.29, 1.82) is 0 Å². The summed E-state index contributed by atoms with van der Waals surface area (Å²) in [6.07, 6.45) is 1.05. The zero-order chi connectivity index (χ0) is 15.1. The summed E-state index contributed by atoms with van der Waals surface area (Å²) in [5.41, 5.74) is 0.186. The first-order chi connectivity index (χ1) is 9.14. The Labute approximate surface area is 123 Å². The molecule has 0 aliphatic heterocycles. The Morgan fingerprint density at radius 2 is 2.10 bits per heavy atom. The maximum absolute atomic E-state index is 11.7. The molecule has 0 bridgehead atoms. The zero-order valence-electron chi connectivity index (χ0n) is 12.6. The average Bonchev–Trinajstić information content (AvgIpc) is 2.97. The summed E-state index contributed by atoms with van der Waals surface area (Å²) in [4.78, 5) is 17.2. The summed E-state index contributed by atoms with van der Waals surface area (Å²) >= 11 is 1.43. The first-order valence-electron chi connectivity index (χ1n) is 6.80. The smallest absolute Gasteiger partial charge is 0.413 e. The van der Waals surface area contributed by atoms with E-state index in [-0.39, 0.29) is 5.41 Å². The maximum Gasteiger partial charge on any atom is 0.413 e. The van der Waals surface area contributed by atoms with Crippen molar-refractivity contribution in [2.24, 2.45) is 0 Å². The van der Waals surface area contributed by atoms with Gasteiger partial charge in [-0.1, -0.05) is 0 Å². The molecule has 5 nitrogen and oxygen atoms in total. The SMILES string of the molecule is Cc1nc(NC(=O)OC(C)(C)C)sc1C1(C(C)O)CC1. The fourth-order valence-corrected chi connectivity index (χ4v) is 3.55. The first kappa shape index (κ1) is 15.3. The number of aliphatic hydroxyl groups excluding tert-OH is 1. The minimum absolute atomic E-state index is 0.157. The highest BCUT2D eigenvalue weighted by Gasteiger charge is 2.51. The lowest BCUT2D eigenvalue weighted by molar-refractivity contribution is 0.0636. The fourth-order valence-electron chi connectivity index (χ4n) is 2.27. The van der Waals surface area contributed by atoms with Crippen molar-refractivity contribution in [3.05, 3.63) is 10.6 Å². The number of hydrogen-bond donors (Lipinski definition) is 2. The topological polar surface area (TPSA) is 71.5 Å². The van der Waals surface area contributed by atoms with Gasteiger partial charge in [-0.05, 0) is 47.5 Å². The number of rotatable bonds is 3. The molecule has 0 spiro atoms. The van der Waals surface area contributed by atoms with Gasteiger partial charge in [-0.25, -0.2) is 9.78 Å². The summed E-state index contributed by atoms with van der Waals surface area (Å²) in [5, 5.41) is 13.1. The Balaban J connectivity index is 2.11. The molecule has 1 unspecified atom stereocenters. The highest BCUT2D eigenvalue weighted by molar-refractivity contribution is 7.16. The Morgan fingerprint density at radius 1 is 1.50 bits per heavy atom. The Hall–Kier alpha value is -1.14. The molecule has 1 aliphatic rings. The van der Waals surface area contributed by atoms with Gasteiger partial charge in [0.2, 0.25) is 0 Å². The van der Waals surface area contributed by atoms with E-state index in [9.17, 15) is 9.90 Å². The molecule has 0 aromatic carbocycles. The molecular weight excluding hydrogens is 276 g/mol. The second-order valence-electron chi connectivity index (χ2n) is 6.39. The number of thiazole rings is 1.